The molecule has 5 nitrogen and oxygen atoms in total. The zero-order valence-corrected chi connectivity index (χ0v) is 11.4. The van der Waals surface area contributed by atoms with Crippen molar-refractivity contribution in [3.05, 3.63) is 29.3 Å². The minimum absolute atomic E-state index is 0.141. The van der Waals surface area contributed by atoms with E-state index in [1.165, 1.54) is 6.42 Å². The van der Waals surface area contributed by atoms with Gasteiger partial charge in [0, 0.05) is 12.6 Å². The average molecular weight is 274 g/mol. The molecule has 0 aromatic heterocycles. The zero-order chi connectivity index (χ0) is 14.3. The number of hydrogen-bond donors (Lipinski definition) is 2. The number of carbonyl (C=O) groups excluding carboxylic acids is 1. The van der Waals surface area contributed by atoms with Gasteiger partial charge in [-0.3, -0.25) is 0 Å². The Hall–Kier alpha value is -2.04. The Balaban J connectivity index is 1.78. The van der Waals surface area contributed by atoms with Crippen molar-refractivity contribution in [2.75, 3.05) is 11.9 Å². The fraction of sp³-hybridized carbons (Fsp3) is 0.467. The van der Waals surface area contributed by atoms with Gasteiger partial charge in [0.2, 0.25) is 0 Å². The van der Waals surface area contributed by atoms with E-state index in [0.29, 0.717) is 17.6 Å². The van der Waals surface area contributed by atoms with Gasteiger partial charge >= 0.3 is 12.0 Å². The van der Waals surface area contributed by atoms with Crippen molar-refractivity contribution in [1.82, 2.24) is 4.90 Å². The van der Waals surface area contributed by atoms with Gasteiger partial charge in [0.15, 0.2) is 0 Å². The predicted octanol–water partition coefficient (Wildman–Crippen LogP) is 2.71. The molecule has 106 valence electrons. The summed E-state index contributed by atoms with van der Waals surface area (Å²) in [6.45, 7) is 2.63. The minimum Gasteiger partial charge on any atom is -0.478 e. The van der Waals surface area contributed by atoms with Gasteiger partial charge in [-0.25, -0.2) is 9.59 Å². The van der Waals surface area contributed by atoms with Gasteiger partial charge in [0.25, 0.3) is 0 Å². The maximum atomic E-state index is 12.3. The highest BCUT2D eigenvalue weighted by molar-refractivity contribution is 6.00. The molecule has 2 bridgehead atoms. The molecule has 2 unspecified atom stereocenters. The van der Waals surface area contributed by atoms with E-state index in [4.69, 9.17) is 0 Å². The normalized spacial score (nSPS) is 23.9. The lowest BCUT2D eigenvalue weighted by Crippen LogP contribution is -2.40. The first kappa shape index (κ1) is 13.0. The molecule has 0 radical (unpaired) electrons. The summed E-state index contributed by atoms with van der Waals surface area (Å²) in [5.41, 5.74) is 1.37. The molecule has 20 heavy (non-hydrogen) atoms. The van der Waals surface area contributed by atoms with Crippen LogP contribution in [0.4, 0.5) is 10.5 Å². The molecule has 2 aliphatic rings. The number of fused-ring (bicyclic) bond motifs is 2. The molecule has 1 aromatic carbocycles. The molecule has 1 aliphatic heterocycles. The number of anilines is 1. The van der Waals surface area contributed by atoms with E-state index >= 15 is 0 Å². The maximum Gasteiger partial charge on any atom is 0.337 e. The Kier molecular flexibility index (Phi) is 3.12. The predicted molar refractivity (Wildman–Crippen MR) is 75.0 cm³/mol. The van der Waals surface area contributed by atoms with Crippen LogP contribution >= 0.6 is 0 Å². The molecular formula is C15H18N2O3. The molecule has 3 rings (SSSR count). The summed E-state index contributed by atoms with van der Waals surface area (Å²) in [4.78, 5) is 25.4. The summed E-state index contributed by atoms with van der Waals surface area (Å²) < 4.78 is 0. The highest BCUT2D eigenvalue weighted by Gasteiger charge is 2.40. The van der Waals surface area contributed by atoms with Crippen LogP contribution in [0.2, 0.25) is 0 Å². The van der Waals surface area contributed by atoms with Gasteiger partial charge in [-0.15, -0.1) is 0 Å². The number of nitrogens with one attached hydrogen (secondary N) is 1. The number of benzene rings is 1. The van der Waals surface area contributed by atoms with E-state index in [1.807, 2.05) is 11.8 Å². The Morgan fingerprint density at radius 1 is 1.35 bits per heavy atom. The maximum absolute atomic E-state index is 12.3. The third-order valence-electron chi connectivity index (χ3n) is 4.32. The van der Waals surface area contributed by atoms with Crippen molar-refractivity contribution in [2.24, 2.45) is 5.92 Å². The van der Waals surface area contributed by atoms with Crippen molar-refractivity contribution >= 4 is 17.7 Å². The van der Waals surface area contributed by atoms with Gasteiger partial charge in [-0.1, -0.05) is 11.6 Å². The van der Waals surface area contributed by atoms with Crippen LogP contribution in [0, 0.1) is 12.8 Å². The first-order valence-electron chi connectivity index (χ1n) is 6.96. The van der Waals surface area contributed by atoms with Crippen molar-refractivity contribution < 1.29 is 14.7 Å². The number of carboxylic acids is 1. The number of urea groups is 1. The Morgan fingerprint density at radius 3 is 2.75 bits per heavy atom. The van der Waals surface area contributed by atoms with Crippen molar-refractivity contribution in [2.45, 2.75) is 32.2 Å². The van der Waals surface area contributed by atoms with Crippen LogP contribution in [0.3, 0.4) is 0 Å². The van der Waals surface area contributed by atoms with Gasteiger partial charge in [-0.05, 0) is 44.2 Å². The monoisotopic (exact) mass is 274 g/mol. The SMILES string of the molecule is Cc1ccc(NC(=O)N2CC3CCC2C3)c(C(=O)O)c1. The van der Waals surface area contributed by atoms with Crippen LogP contribution < -0.4 is 5.32 Å². The number of carboxylic acid groups (broad SMARTS) is 1. The second-order valence-electron chi connectivity index (χ2n) is 5.77. The third-order valence-corrected chi connectivity index (χ3v) is 4.32. The first-order chi connectivity index (χ1) is 9.54. The molecule has 1 saturated carbocycles. The Bertz CT molecular complexity index is 570. The second-order valence-corrected chi connectivity index (χ2v) is 5.77. The quantitative estimate of drug-likeness (QED) is 0.871. The zero-order valence-electron chi connectivity index (χ0n) is 11.4. The molecule has 1 aliphatic carbocycles. The highest BCUT2D eigenvalue weighted by atomic mass is 16.4. The Labute approximate surface area is 117 Å². The molecule has 1 saturated heterocycles. The number of piperidine rings is 1. The van der Waals surface area contributed by atoms with E-state index in [9.17, 15) is 14.7 Å². The number of likely N-dealkylation sites (tertiary alicyclic amines) is 1. The van der Waals surface area contributed by atoms with Crippen molar-refractivity contribution in [1.29, 1.82) is 0 Å². The van der Waals surface area contributed by atoms with Gasteiger partial charge in [-0.2, -0.15) is 0 Å². The van der Waals surface area contributed by atoms with Gasteiger partial charge in [0.1, 0.15) is 0 Å². The number of hydrogen-bond acceptors (Lipinski definition) is 2. The fourth-order valence-electron chi connectivity index (χ4n) is 3.30. The summed E-state index contributed by atoms with van der Waals surface area (Å²) in [5, 5.41) is 12.0. The van der Waals surface area contributed by atoms with Crippen LogP contribution in [0.15, 0.2) is 18.2 Å². The largest absolute Gasteiger partial charge is 0.478 e. The minimum atomic E-state index is -1.02. The molecular weight excluding hydrogens is 256 g/mol. The van der Waals surface area contributed by atoms with E-state index in [2.05, 4.69) is 5.32 Å². The molecule has 2 amide bonds. The lowest BCUT2D eigenvalue weighted by atomic mass is 10.1. The number of nitrogens with zero attached hydrogens (tertiary/aromatic N) is 1. The number of carbonyl (C=O) groups is 2. The highest BCUT2D eigenvalue weighted by Crippen LogP contribution is 2.37. The first-order valence-corrected chi connectivity index (χ1v) is 6.96. The lowest BCUT2D eigenvalue weighted by molar-refractivity contribution is 0.0698. The average Bonchev–Trinajstić information content (AvgIpc) is 3.03. The fourth-order valence-corrected chi connectivity index (χ4v) is 3.30. The lowest BCUT2D eigenvalue weighted by Gasteiger charge is -2.27. The third kappa shape index (κ3) is 2.24. The molecule has 2 N–H and O–H groups in total. The van der Waals surface area contributed by atoms with Gasteiger partial charge < -0.3 is 15.3 Å². The van der Waals surface area contributed by atoms with Crippen molar-refractivity contribution in [3.8, 4) is 0 Å². The molecule has 1 aromatic rings. The van der Waals surface area contributed by atoms with Crippen LogP contribution in [0.1, 0.15) is 35.2 Å². The summed E-state index contributed by atoms with van der Waals surface area (Å²) in [6, 6.07) is 5.19. The van der Waals surface area contributed by atoms with Crippen LogP contribution in [-0.2, 0) is 0 Å². The van der Waals surface area contributed by atoms with Crippen LogP contribution in [-0.4, -0.2) is 34.6 Å². The smallest absolute Gasteiger partial charge is 0.337 e. The summed E-state index contributed by atoms with van der Waals surface area (Å²) in [6.07, 6.45) is 3.37. The van der Waals surface area contributed by atoms with E-state index in [0.717, 1.165) is 24.9 Å². The van der Waals surface area contributed by atoms with Crippen LogP contribution in [0.25, 0.3) is 0 Å². The molecule has 2 fully saturated rings. The van der Waals surface area contributed by atoms with E-state index in [1.54, 1.807) is 18.2 Å². The number of rotatable bonds is 2. The standard InChI is InChI=1S/C15H18N2O3/c1-9-2-5-13(12(6-9)14(18)19)16-15(20)17-8-10-3-4-11(17)7-10/h2,5-6,10-11H,3-4,7-8H2,1H3,(H,16,20)(H,18,19). The number of aromatic carboxylic acids is 1. The molecule has 0 spiro atoms. The molecule has 1 heterocycles. The topological polar surface area (TPSA) is 69.6 Å². The van der Waals surface area contributed by atoms with E-state index in [-0.39, 0.29) is 11.6 Å². The second kappa shape index (κ2) is 4.81. The Morgan fingerprint density at radius 2 is 2.15 bits per heavy atom. The van der Waals surface area contributed by atoms with E-state index < -0.39 is 5.97 Å². The molecule has 5 heteroatoms. The number of aryl methyl sites for hydroxylation is 1. The van der Waals surface area contributed by atoms with Crippen molar-refractivity contribution in [3.63, 3.8) is 0 Å². The molecule has 2 atom stereocenters. The summed E-state index contributed by atoms with van der Waals surface area (Å²) >= 11 is 0. The van der Waals surface area contributed by atoms with Crippen LogP contribution in [0.5, 0.6) is 0 Å². The summed E-state index contributed by atoms with van der Waals surface area (Å²) in [7, 11) is 0. The van der Waals surface area contributed by atoms with Gasteiger partial charge in [0.05, 0.1) is 11.3 Å². The summed E-state index contributed by atoms with van der Waals surface area (Å²) in [5.74, 6) is -0.394. The number of amides is 2.